The van der Waals surface area contributed by atoms with Gasteiger partial charge in [-0.1, -0.05) is 6.07 Å². The smallest absolute Gasteiger partial charge is 0.239 e. The van der Waals surface area contributed by atoms with Gasteiger partial charge in [0.25, 0.3) is 0 Å². The molecule has 8 heteroatoms. The van der Waals surface area contributed by atoms with E-state index in [4.69, 9.17) is 6.42 Å². The van der Waals surface area contributed by atoms with Gasteiger partial charge in [-0.2, -0.15) is 10.2 Å². The molecule has 0 atom stereocenters. The minimum atomic E-state index is -0.409. The number of carbonyl (C=O) groups is 2. The normalized spacial score (nSPS) is 18.0. The lowest BCUT2D eigenvalue weighted by Crippen LogP contribution is -2.50. The Hall–Kier alpha value is -2.79. The van der Waals surface area contributed by atoms with Gasteiger partial charge >= 0.3 is 0 Å². The van der Waals surface area contributed by atoms with Crippen molar-refractivity contribution in [3.63, 3.8) is 0 Å². The molecule has 0 bridgehead atoms. The molecule has 1 aromatic heterocycles. The van der Waals surface area contributed by atoms with Crippen molar-refractivity contribution < 1.29 is 9.59 Å². The molecule has 2 aliphatic rings. The van der Waals surface area contributed by atoms with E-state index in [-0.39, 0.29) is 11.8 Å². The summed E-state index contributed by atoms with van der Waals surface area (Å²) >= 11 is 0. The number of nitrogens with zero attached hydrogens (tertiary/aromatic N) is 5. The number of hydrogen-bond donors (Lipinski definition) is 1. The van der Waals surface area contributed by atoms with Crippen LogP contribution in [0.1, 0.15) is 25.7 Å². The number of carbonyl (C=O) groups excluding carboxylic acids is 2. The number of terminal acetylenes is 1. The van der Waals surface area contributed by atoms with Crippen LogP contribution in [0.15, 0.2) is 34.6 Å². The van der Waals surface area contributed by atoms with Gasteiger partial charge in [-0.3, -0.25) is 14.5 Å². The molecule has 2 aliphatic heterocycles. The summed E-state index contributed by atoms with van der Waals surface area (Å²) in [5, 5.41) is 10.9. The van der Waals surface area contributed by atoms with E-state index >= 15 is 0 Å². The second-order valence-electron chi connectivity index (χ2n) is 6.81. The van der Waals surface area contributed by atoms with E-state index in [0.29, 0.717) is 57.8 Å². The second-order valence-corrected chi connectivity index (χ2v) is 6.81. The van der Waals surface area contributed by atoms with Crippen LogP contribution in [0.2, 0.25) is 0 Å². The van der Waals surface area contributed by atoms with Gasteiger partial charge in [0, 0.05) is 58.1 Å². The van der Waals surface area contributed by atoms with E-state index in [2.05, 4.69) is 26.4 Å². The van der Waals surface area contributed by atoms with Crippen LogP contribution in [0.4, 0.5) is 5.82 Å². The van der Waals surface area contributed by atoms with Crippen LogP contribution in [0.25, 0.3) is 0 Å². The number of hydrogen-bond acceptors (Lipinski definition) is 6. The first-order valence-electron chi connectivity index (χ1n) is 9.19. The van der Waals surface area contributed by atoms with E-state index in [1.165, 1.54) is 0 Å². The third-order valence-electron chi connectivity index (χ3n) is 4.82. The fourth-order valence-corrected chi connectivity index (χ4v) is 3.11. The Balaban J connectivity index is 1.35. The molecule has 0 aromatic carbocycles. The Labute approximate surface area is 159 Å². The quantitative estimate of drug-likeness (QED) is 0.705. The van der Waals surface area contributed by atoms with Gasteiger partial charge in [0.2, 0.25) is 11.8 Å². The monoisotopic (exact) mass is 368 g/mol. The van der Waals surface area contributed by atoms with Crippen molar-refractivity contribution in [1.29, 1.82) is 0 Å². The molecule has 0 radical (unpaired) electrons. The molecule has 8 nitrogen and oxygen atoms in total. The van der Waals surface area contributed by atoms with Crippen LogP contribution >= 0.6 is 0 Å². The van der Waals surface area contributed by atoms with E-state index in [9.17, 15) is 9.59 Å². The molecular weight excluding hydrogens is 344 g/mol. The molecule has 0 saturated carbocycles. The standard InChI is InChI=1S/C19H24N6O2/c1-2-3-8-19(22-23-19)9-7-18(27)25-13-11-24(12-14-25)15-17(26)21-16-6-4-5-10-20-16/h1,4-6,10H,3,7-9,11-15H2,(H,20,21,26). The number of aromatic nitrogens is 1. The maximum Gasteiger partial charge on any atom is 0.239 e. The van der Waals surface area contributed by atoms with Crippen LogP contribution in [-0.2, 0) is 9.59 Å². The first kappa shape index (κ1) is 19.0. The third kappa shape index (κ3) is 5.59. The maximum atomic E-state index is 12.4. The molecule has 2 amide bonds. The van der Waals surface area contributed by atoms with Gasteiger partial charge in [-0.15, -0.1) is 12.3 Å². The molecule has 0 spiro atoms. The lowest BCUT2D eigenvalue weighted by Gasteiger charge is -2.34. The minimum Gasteiger partial charge on any atom is -0.340 e. The van der Waals surface area contributed by atoms with Gasteiger partial charge < -0.3 is 10.2 Å². The van der Waals surface area contributed by atoms with Crippen molar-refractivity contribution in [2.24, 2.45) is 10.2 Å². The van der Waals surface area contributed by atoms with Crippen LogP contribution in [0.3, 0.4) is 0 Å². The molecule has 0 aliphatic carbocycles. The summed E-state index contributed by atoms with van der Waals surface area (Å²) in [6.45, 7) is 2.91. The predicted octanol–water partition coefficient (Wildman–Crippen LogP) is 1.52. The van der Waals surface area contributed by atoms with Crippen LogP contribution in [0.5, 0.6) is 0 Å². The van der Waals surface area contributed by atoms with Gasteiger partial charge in [0.05, 0.1) is 6.54 Å². The number of rotatable bonds is 8. The highest BCUT2D eigenvalue weighted by Crippen LogP contribution is 2.37. The molecule has 1 fully saturated rings. The highest BCUT2D eigenvalue weighted by atomic mass is 16.2. The lowest BCUT2D eigenvalue weighted by atomic mass is 10.0. The summed E-state index contributed by atoms with van der Waals surface area (Å²) in [5.74, 6) is 3.16. The van der Waals surface area contributed by atoms with E-state index in [0.717, 1.165) is 6.42 Å². The van der Waals surface area contributed by atoms with Crippen molar-refractivity contribution >= 4 is 17.6 Å². The minimum absolute atomic E-state index is 0.0964. The Kier molecular flexibility index (Phi) is 6.14. The van der Waals surface area contributed by atoms with Crippen molar-refractivity contribution in [3.8, 4) is 12.3 Å². The fourth-order valence-electron chi connectivity index (χ4n) is 3.11. The van der Waals surface area contributed by atoms with Gasteiger partial charge in [0.1, 0.15) is 5.82 Å². The van der Waals surface area contributed by atoms with Crippen molar-refractivity contribution in [2.75, 3.05) is 38.0 Å². The van der Waals surface area contributed by atoms with Crippen molar-refractivity contribution in [3.05, 3.63) is 24.4 Å². The third-order valence-corrected chi connectivity index (χ3v) is 4.82. The maximum absolute atomic E-state index is 12.4. The SMILES string of the molecule is C#CCCC1(CCC(=O)N2CCN(CC(=O)Nc3ccccn3)CC2)N=N1. The van der Waals surface area contributed by atoms with Gasteiger partial charge in [-0.25, -0.2) is 4.98 Å². The van der Waals surface area contributed by atoms with Crippen LogP contribution in [-0.4, -0.2) is 65.0 Å². The second kappa shape index (κ2) is 8.73. The summed E-state index contributed by atoms with van der Waals surface area (Å²) in [5.41, 5.74) is -0.409. The first-order valence-corrected chi connectivity index (χ1v) is 9.19. The van der Waals surface area contributed by atoms with E-state index < -0.39 is 5.66 Å². The summed E-state index contributed by atoms with van der Waals surface area (Å²) < 4.78 is 0. The van der Waals surface area contributed by atoms with Gasteiger partial charge in [0.15, 0.2) is 5.66 Å². The molecular formula is C19H24N6O2. The topological polar surface area (TPSA) is 90.3 Å². The first-order chi connectivity index (χ1) is 13.1. The molecule has 142 valence electrons. The Bertz CT molecular complexity index is 728. The molecule has 0 unspecified atom stereocenters. The van der Waals surface area contributed by atoms with Crippen LogP contribution in [0, 0.1) is 12.3 Å². The average Bonchev–Trinajstić information content (AvgIpc) is 3.46. The average molecular weight is 368 g/mol. The summed E-state index contributed by atoms with van der Waals surface area (Å²) in [4.78, 5) is 32.5. The highest BCUT2D eigenvalue weighted by Gasteiger charge is 2.39. The zero-order valence-corrected chi connectivity index (χ0v) is 15.3. The number of piperazine rings is 1. The highest BCUT2D eigenvalue weighted by molar-refractivity contribution is 5.91. The number of pyridine rings is 1. The number of anilines is 1. The Morgan fingerprint density at radius 1 is 1.19 bits per heavy atom. The molecule has 3 rings (SSSR count). The summed E-state index contributed by atoms with van der Waals surface area (Å²) in [7, 11) is 0. The zero-order valence-electron chi connectivity index (χ0n) is 15.3. The molecule has 3 heterocycles. The molecule has 1 N–H and O–H groups in total. The summed E-state index contributed by atoms with van der Waals surface area (Å²) in [6, 6.07) is 5.38. The Morgan fingerprint density at radius 2 is 1.96 bits per heavy atom. The largest absolute Gasteiger partial charge is 0.340 e. The van der Waals surface area contributed by atoms with Crippen molar-refractivity contribution in [1.82, 2.24) is 14.8 Å². The lowest BCUT2D eigenvalue weighted by molar-refractivity contribution is -0.133. The number of nitrogens with one attached hydrogen (secondary N) is 1. The molecule has 1 aromatic rings. The van der Waals surface area contributed by atoms with Gasteiger partial charge in [-0.05, 0) is 12.1 Å². The van der Waals surface area contributed by atoms with E-state index in [1.807, 2.05) is 15.9 Å². The Morgan fingerprint density at radius 3 is 2.59 bits per heavy atom. The predicted molar refractivity (Wildman–Crippen MR) is 101 cm³/mol. The molecule has 1 saturated heterocycles. The van der Waals surface area contributed by atoms with E-state index in [1.54, 1.807) is 18.3 Å². The number of amides is 2. The molecule has 27 heavy (non-hydrogen) atoms. The van der Waals surface area contributed by atoms with Crippen molar-refractivity contribution in [2.45, 2.75) is 31.3 Å². The summed E-state index contributed by atoms with van der Waals surface area (Å²) in [6.07, 6.45) is 9.32. The zero-order chi connectivity index (χ0) is 19.1. The van der Waals surface area contributed by atoms with Crippen LogP contribution < -0.4 is 5.32 Å². The fraction of sp³-hybridized carbons (Fsp3) is 0.526.